The first-order valence-corrected chi connectivity index (χ1v) is 10.2. The summed E-state index contributed by atoms with van der Waals surface area (Å²) in [7, 11) is 1.62. The molecule has 0 spiro atoms. The summed E-state index contributed by atoms with van der Waals surface area (Å²) in [5.41, 5.74) is 0.606. The fourth-order valence-electron chi connectivity index (χ4n) is 2.95. The molecule has 0 atom stereocenters. The van der Waals surface area contributed by atoms with E-state index in [-0.39, 0.29) is 25.0 Å². The number of rotatable bonds is 11. The summed E-state index contributed by atoms with van der Waals surface area (Å²) in [5, 5.41) is 3.34. The Morgan fingerprint density at radius 2 is 1.79 bits per heavy atom. The molecule has 9 heteroatoms. The summed E-state index contributed by atoms with van der Waals surface area (Å²) < 4.78 is 15.6. The maximum Gasteiger partial charge on any atom is 0.248 e. The number of hydrogen-bond acceptors (Lipinski definition) is 6. The molecule has 2 amide bonds. The van der Waals surface area contributed by atoms with Crippen LogP contribution in [0.25, 0.3) is 0 Å². The van der Waals surface area contributed by atoms with Crippen LogP contribution in [-0.4, -0.2) is 94.5 Å². The summed E-state index contributed by atoms with van der Waals surface area (Å²) in [6, 6.07) is 7.15. The van der Waals surface area contributed by atoms with Crippen molar-refractivity contribution in [3.8, 4) is 0 Å². The molecule has 162 valence electrons. The van der Waals surface area contributed by atoms with Gasteiger partial charge in [-0.2, -0.15) is 0 Å². The fraction of sp³-hybridized carbons (Fsp3) is 0.600. The lowest BCUT2D eigenvalue weighted by Crippen LogP contribution is -2.39. The highest BCUT2D eigenvalue weighted by atomic mass is 35.5. The van der Waals surface area contributed by atoms with Gasteiger partial charge < -0.3 is 24.4 Å². The number of benzene rings is 1. The second-order valence-electron chi connectivity index (χ2n) is 6.70. The van der Waals surface area contributed by atoms with Gasteiger partial charge in [0.2, 0.25) is 11.8 Å². The average Bonchev–Trinajstić information content (AvgIpc) is 2.94. The molecule has 1 saturated heterocycles. The van der Waals surface area contributed by atoms with Crippen LogP contribution < -0.4 is 5.32 Å². The smallest absolute Gasteiger partial charge is 0.248 e. The molecule has 0 saturated carbocycles. The Morgan fingerprint density at radius 1 is 1.03 bits per heavy atom. The van der Waals surface area contributed by atoms with Crippen molar-refractivity contribution in [2.24, 2.45) is 0 Å². The van der Waals surface area contributed by atoms with E-state index in [1.54, 1.807) is 24.1 Å². The van der Waals surface area contributed by atoms with Crippen molar-refractivity contribution in [1.29, 1.82) is 0 Å². The van der Waals surface area contributed by atoms with Gasteiger partial charge in [0.1, 0.15) is 6.61 Å². The summed E-state index contributed by atoms with van der Waals surface area (Å²) in [4.78, 5) is 28.5. The lowest BCUT2D eigenvalue weighted by molar-refractivity contribution is -0.136. The number of para-hydroxylation sites is 1. The molecule has 1 fully saturated rings. The summed E-state index contributed by atoms with van der Waals surface area (Å²) in [5.74, 6) is -0.154. The van der Waals surface area contributed by atoms with E-state index in [4.69, 9.17) is 25.8 Å². The predicted octanol–water partition coefficient (Wildman–Crippen LogP) is 1.49. The molecule has 29 heavy (non-hydrogen) atoms. The monoisotopic (exact) mass is 427 g/mol. The number of nitrogens with one attached hydrogen (secondary N) is 1. The number of carbonyl (C=O) groups excluding carboxylic acids is 2. The van der Waals surface area contributed by atoms with E-state index in [0.29, 0.717) is 56.8 Å². The van der Waals surface area contributed by atoms with E-state index in [1.165, 1.54) is 0 Å². The van der Waals surface area contributed by atoms with E-state index in [9.17, 15) is 9.59 Å². The van der Waals surface area contributed by atoms with Gasteiger partial charge in [0, 0.05) is 33.3 Å². The number of ether oxygens (including phenoxy) is 3. The Bertz CT molecular complexity index is 646. The molecule has 1 heterocycles. The number of nitrogens with zero attached hydrogens (tertiary/aromatic N) is 2. The van der Waals surface area contributed by atoms with Crippen LogP contribution in [0, 0.1) is 0 Å². The molecular formula is C20H30ClN3O5. The first kappa shape index (κ1) is 23.6. The first-order chi connectivity index (χ1) is 14.1. The van der Waals surface area contributed by atoms with Crippen molar-refractivity contribution >= 4 is 29.1 Å². The Labute approximate surface area is 177 Å². The van der Waals surface area contributed by atoms with E-state index in [0.717, 1.165) is 13.0 Å². The normalized spacial score (nSPS) is 15.2. The third-order valence-corrected chi connectivity index (χ3v) is 4.82. The molecule has 0 unspecified atom stereocenters. The van der Waals surface area contributed by atoms with E-state index < -0.39 is 0 Å². The van der Waals surface area contributed by atoms with Crippen molar-refractivity contribution < 1.29 is 23.8 Å². The molecule has 1 aromatic rings. The molecule has 0 bridgehead atoms. The van der Waals surface area contributed by atoms with Crippen LogP contribution in [0.3, 0.4) is 0 Å². The van der Waals surface area contributed by atoms with Crippen LogP contribution in [0.5, 0.6) is 0 Å². The highest BCUT2D eigenvalue weighted by molar-refractivity contribution is 6.33. The number of carbonyl (C=O) groups is 2. The summed E-state index contributed by atoms with van der Waals surface area (Å²) in [6.07, 6.45) is 0.811. The largest absolute Gasteiger partial charge is 0.382 e. The topological polar surface area (TPSA) is 80.3 Å². The van der Waals surface area contributed by atoms with Crippen molar-refractivity contribution in [2.45, 2.75) is 6.42 Å². The van der Waals surface area contributed by atoms with E-state index >= 15 is 0 Å². The van der Waals surface area contributed by atoms with Gasteiger partial charge in [0.25, 0.3) is 0 Å². The summed E-state index contributed by atoms with van der Waals surface area (Å²) in [6.45, 7) is 4.81. The van der Waals surface area contributed by atoms with Crippen LogP contribution >= 0.6 is 11.6 Å². The third kappa shape index (κ3) is 9.10. The zero-order valence-electron chi connectivity index (χ0n) is 16.9. The number of methoxy groups -OCH3 is 1. The molecule has 0 radical (unpaired) electrons. The average molecular weight is 428 g/mol. The molecular weight excluding hydrogens is 398 g/mol. The Kier molecular flexibility index (Phi) is 11.0. The molecule has 8 nitrogen and oxygen atoms in total. The van der Waals surface area contributed by atoms with Crippen LogP contribution in [-0.2, 0) is 23.8 Å². The minimum atomic E-state index is -0.116. The van der Waals surface area contributed by atoms with Gasteiger partial charge in [-0.05, 0) is 18.6 Å². The maximum atomic E-state index is 12.3. The Hall–Kier alpha value is -1.71. The van der Waals surface area contributed by atoms with Crippen molar-refractivity contribution in [2.75, 3.05) is 78.2 Å². The first-order valence-electron chi connectivity index (χ1n) is 9.79. The van der Waals surface area contributed by atoms with Crippen molar-refractivity contribution in [1.82, 2.24) is 9.80 Å². The van der Waals surface area contributed by atoms with Crippen molar-refractivity contribution in [3.63, 3.8) is 0 Å². The second kappa shape index (κ2) is 13.5. The van der Waals surface area contributed by atoms with Crippen LogP contribution in [0.2, 0.25) is 5.02 Å². The van der Waals surface area contributed by atoms with Gasteiger partial charge in [-0.1, -0.05) is 23.7 Å². The fourth-order valence-corrected chi connectivity index (χ4v) is 3.13. The van der Waals surface area contributed by atoms with Gasteiger partial charge >= 0.3 is 0 Å². The standard InChI is InChI=1S/C20H30ClN3O5/c1-27-11-12-28-13-14-29-16-20(26)24-8-4-7-23(9-10-24)15-19(25)22-18-6-3-2-5-17(18)21/h2-3,5-6H,4,7-16H2,1H3,(H,22,25). The number of halogens is 1. The lowest BCUT2D eigenvalue weighted by atomic mass is 10.3. The van der Waals surface area contributed by atoms with E-state index in [1.807, 2.05) is 17.0 Å². The molecule has 0 aliphatic carbocycles. The van der Waals surface area contributed by atoms with Gasteiger partial charge in [-0.3, -0.25) is 14.5 Å². The number of anilines is 1. The van der Waals surface area contributed by atoms with E-state index in [2.05, 4.69) is 5.32 Å². The summed E-state index contributed by atoms with van der Waals surface area (Å²) >= 11 is 6.08. The third-order valence-electron chi connectivity index (χ3n) is 4.49. The Balaban J connectivity index is 1.65. The number of amides is 2. The van der Waals surface area contributed by atoms with Gasteiger partial charge in [0.15, 0.2) is 0 Å². The second-order valence-corrected chi connectivity index (χ2v) is 7.10. The van der Waals surface area contributed by atoms with Crippen LogP contribution in [0.15, 0.2) is 24.3 Å². The van der Waals surface area contributed by atoms with Crippen molar-refractivity contribution in [3.05, 3.63) is 29.3 Å². The molecule has 1 aromatic carbocycles. The SMILES string of the molecule is COCCOCCOCC(=O)N1CCCN(CC(=O)Nc2ccccc2Cl)CC1. The van der Waals surface area contributed by atoms with Gasteiger partial charge in [-0.25, -0.2) is 0 Å². The van der Waals surface area contributed by atoms with Gasteiger partial charge in [0.05, 0.1) is 43.7 Å². The molecule has 2 rings (SSSR count). The number of hydrogen-bond donors (Lipinski definition) is 1. The minimum Gasteiger partial charge on any atom is -0.382 e. The molecule has 1 N–H and O–H groups in total. The molecule has 0 aromatic heterocycles. The minimum absolute atomic E-state index is 0.0377. The highest BCUT2D eigenvalue weighted by Crippen LogP contribution is 2.20. The quantitative estimate of drug-likeness (QED) is 0.539. The molecule has 1 aliphatic rings. The lowest BCUT2D eigenvalue weighted by Gasteiger charge is -2.22. The molecule has 1 aliphatic heterocycles. The van der Waals surface area contributed by atoms with Crippen LogP contribution in [0.4, 0.5) is 5.69 Å². The zero-order chi connectivity index (χ0) is 20.9. The zero-order valence-corrected chi connectivity index (χ0v) is 17.7. The Morgan fingerprint density at radius 3 is 2.59 bits per heavy atom. The van der Waals surface area contributed by atoms with Crippen LogP contribution in [0.1, 0.15) is 6.42 Å². The highest BCUT2D eigenvalue weighted by Gasteiger charge is 2.20. The van der Waals surface area contributed by atoms with Gasteiger partial charge in [-0.15, -0.1) is 0 Å². The maximum absolute atomic E-state index is 12.3. The predicted molar refractivity (Wildman–Crippen MR) is 111 cm³/mol.